The minimum absolute atomic E-state index is 0.106. The molecule has 0 radical (unpaired) electrons. The zero-order valence-corrected chi connectivity index (χ0v) is 10.1. The lowest BCUT2D eigenvalue weighted by Crippen LogP contribution is -2.36. The van der Waals surface area contributed by atoms with Crippen molar-refractivity contribution in [2.24, 2.45) is 0 Å². The molecule has 0 aromatic carbocycles. The molecule has 0 aliphatic carbocycles. The second kappa shape index (κ2) is 5.18. The summed E-state index contributed by atoms with van der Waals surface area (Å²) in [5, 5.41) is 0. The van der Waals surface area contributed by atoms with Gasteiger partial charge in [0.15, 0.2) is 0 Å². The number of rotatable bonds is 3. The Balaban J connectivity index is 2.08. The molecule has 2 rings (SSSR count). The lowest BCUT2D eigenvalue weighted by Gasteiger charge is -2.29. The van der Waals surface area contributed by atoms with E-state index in [0.717, 1.165) is 25.9 Å². The summed E-state index contributed by atoms with van der Waals surface area (Å²) in [6.07, 6.45) is 3.31. The van der Waals surface area contributed by atoms with Crippen LogP contribution in [-0.2, 0) is 0 Å². The lowest BCUT2D eigenvalue weighted by molar-refractivity contribution is 0.106. The van der Waals surface area contributed by atoms with Crippen LogP contribution in [0.25, 0.3) is 0 Å². The fourth-order valence-electron chi connectivity index (χ4n) is 1.90. The van der Waals surface area contributed by atoms with Crippen molar-refractivity contribution in [1.29, 1.82) is 0 Å². The number of aromatic amines is 1. The van der Waals surface area contributed by atoms with Gasteiger partial charge in [-0.25, -0.2) is 4.98 Å². The normalized spacial score (nSPS) is 18.0. The van der Waals surface area contributed by atoms with E-state index in [1.807, 2.05) is 0 Å². The van der Waals surface area contributed by atoms with Gasteiger partial charge in [-0.15, -0.1) is 0 Å². The molecule has 6 heteroatoms. The van der Waals surface area contributed by atoms with E-state index in [4.69, 9.17) is 9.47 Å². The molecular weight excluding hydrogens is 222 g/mol. The largest absolute Gasteiger partial charge is 0.487 e. The molecule has 94 valence electrons. The van der Waals surface area contributed by atoms with Gasteiger partial charge in [-0.05, 0) is 19.9 Å². The highest BCUT2D eigenvalue weighted by Gasteiger charge is 2.21. The van der Waals surface area contributed by atoms with Gasteiger partial charge in [0.1, 0.15) is 6.10 Å². The molecule has 1 N–H and O–H groups in total. The highest BCUT2D eigenvalue weighted by molar-refractivity contribution is 5.29. The maximum absolute atomic E-state index is 11.5. The van der Waals surface area contributed by atoms with Crippen molar-refractivity contribution < 1.29 is 9.47 Å². The minimum atomic E-state index is -0.314. The van der Waals surface area contributed by atoms with Crippen molar-refractivity contribution in [3.63, 3.8) is 0 Å². The first-order valence-corrected chi connectivity index (χ1v) is 5.67. The molecule has 0 unspecified atom stereocenters. The molecule has 0 saturated carbocycles. The first kappa shape index (κ1) is 11.9. The van der Waals surface area contributed by atoms with Gasteiger partial charge in [0.2, 0.25) is 5.75 Å². The van der Waals surface area contributed by atoms with Gasteiger partial charge in [0.25, 0.3) is 11.4 Å². The first-order chi connectivity index (χ1) is 8.20. The third kappa shape index (κ3) is 2.76. The maximum atomic E-state index is 11.5. The van der Waals surface area contributed by atoms with Crippen molar-refractivity contribution in [3.8, 4) is 11.6 Å². The van der Waals surface area contributed by atoms with Crippen LogP contribution >= 0.6 is 0 Å². The summed E-state index contributed by atoms with van der Waals surface area (Å²) in [6, 6.07) is 0. The predicted octanol–water partition coefficient (Wildman–Crippen LogP) is 0.252. The minimum Gasteiger partial charge on any atom is -0.487 e. The smallest absolute Gasteiger partial charge is 0.297 e. The van der Waals surface area contributed by atoms with E-state index in [9.17, 15) is 4.79 Å². The summed E-state index contributed by atoms with van der Waals surface area (Å²) < 4.78 is 10.7. The van der Waals surface area contributed by atoms with E-state index in [2.05, 4.69) is 21.9 Å². The Morgan fingerprint density at radius 2 is 2.18 bits per heavy atom. The van der Waals surface area contributed by atoms with Gasteiger partial charge in [-0.1, -0.05) is 0 Å². The van der Waals surface area contributed by atoms with E-state index < -0.39 is 0 Å². The maximum Gasteiger partial charge on any atom is 0.297 e. The number of aromatic nitrogens is 2. The second-order valence-corrected chi connectivity index (χ2v) is 4.19. The molecule has 1 aliphatic heterocycles. The number of hydrogen-bond acceptors (Lipinski definition) is 5. The highest BCUT2D eigenvalue weighted by atomic mass is 16.5. The Morgan fingerprint density at radius 3 is 2.82 bits per heavy atom. The molecule has 1 fully saturated rings. The van der Waals surface area contributed by atoms with Crippen molar-refractivity contribution in [1.82, 2.24) is 14.9 Å². The third-order valence-corrected chi connectivity index (χ3v) is 2.93. The van der Waals surface area contributed by atoms with E-state index >= 15 is 0 Å². The van der Waals surface area contributed by atoms with Crippen LogP contribution in [0.3, 0.4) is 0 Å². The molecule has 0 atom stereocenters. The lowest BCUT2D eigenvalue weighted by atomic mass is 10.1. The number of likely N-dealkylation sites (tertiary alicyclic amines) is 1. The van der Waals surface area contributed by atoms with Crippen LogP contribution in [0.5, 0.6) is 11.6 Å². The predicted molar refractivity (Wildman–Crippen MR) is 62.6 cm³/mol. The standard InChI is InChI=1S/C11H17N3O3/c1-14-5-3-8(4-6-14)17-11-9(16-2)10(15)12-7-13-11/h7-8H,3-6H2,1-2H3,(H,12,13,15). The summed E-state index contributed by atoms with van der Waals surface area (Å²) in [7, 11) is 3.52. The zero-order chi connectivity index (χ0) is 12.3. The van der Waals surface area contributed by atoms with E-state index in [0.29, 0.717) is 0 Å². The Hall–Kier alpha value is -1.56. The van der Waals surface area contributed by atoms with Gasteiger partial charge < -0.3 is 19.4 Å². The Kier molecular flexibility index (Phi) is 3.63. The molecule has 0 bridgehead atoms. The molecule has 0 amide bonds. The number of ether oxygens (including phenoxy) is 2. The molecule has 1 aliphatic rings. The van der Waals surface area contributed by atoms with E-state index in [-0.39, 0.29) is 23.3 Å². The van der Waals surface area contributed by atoms with Crippen LogP contribution in [0, 0.1) is 0 Å². The van der Waals surface area contributed by atoms with Crippen LogP contribution in [0.1, 0.15) is 12.8 Å². The van der Waals surface area contributed by atoms with Crippen LogP contribution < -0.4 is 15.0 Å². The summed E-state index contributed by atoms with van der Waals surface area (Å²) in [5.41, 5.74) is -0.314. The van der Waals surface area contributed by atoms with Crippen LogP contribution in [0.15, 0.2) is 11.1 Å². The fraction of sp³-hybridized carbons (Fsp3) is 0.636. The van der Waals surface area contributed by atoms with Gasteiger partial charge in [-0.3, -0.25) is 4.79 Å². The SMILES string of the molecule is COc1c(OC2CCN(C)CC2)nc[nH]c1=O. The summed E-state index contributed by atoms with van der Waals surface area (Å²) >= 11 is 0. The number of methoxy groups -OCH3 is 1. The Bertz CT molecular complexity index is 424. The molecule has 2 heterocycles. The molecule has 1 aromatic heterocycles. The van der Waals surface area contributed by atoms with Crippen molar-refractivity contribution >= 4 is 0 Å². The first-order valence-electron chi connectivity index (χ1n) is 5.67. The molecular formula is C11H17N3O3. The molecule has 1 saturated heterocycles. The number of H-pyrrole nitrogens is 1. The van der Waals surface area contributed by atoms with E-state index in [1.165, 1.54) is 13.4 Å². The van der Waals surface area contributed by atoms with Gasteiger partial charge in [-0.2, -0.15) is 0 Å². The average molecular weight is 239 g/mol. The van der Waals surface area contributed by atoms with Crippen molar-refractivity contribution in [3.05, 3.63) is 16.7 Å². The number of hydrogen-bond donors (Lipinski definition) is 1. The van der Waals surface area contributed by atoms with E-state index in [1.54, 1.807) is 0 Å². The fourth-order valence-corrected chi connectivity index (χ4v) is 1.90. The number of piperidine rings is 1. The van der Waals surface area contributed by atoms with Crippen LogP contribution in [0.4, 0.5) is 0 Å². The second-order valence-electron chi connectivity index (χ2n) is 4.19. The summed E-state index contributed by atoms with van der Waals surface area (Å²) in [5.74, 6) is 0.428. The van der Waals surface area contributed by atoms with Gasteiger partial charge in [0.05, 0.1) is 13.4 Å². The number of nitrogens with zero attached hydrogens (tertiary/aromatic N) is 2. The molecule has 6 nitrogen and oxygen atoms in total. The van der Waals surface area contributed by atoms with Gasteiger partial charge >= 0.3 is 0 Å². The average Bonchev–Trinajstić information content (AvgIpc) is 2.32. The third-order valence-electron chi connectivity index (χ3n) is 2.93. The zero-order valence-electron chi connectivity index (χ0n) is 10.1. The quantitative estimate of drug-likeness (QED) is 0.819. The monoisotopic (exact) mass is 239 g/mol. The Labute approximate surface area is 99.6 Å². The summed E-state index contributed by atoms with van der Waals surface area (Å²) in [6.45, 7) is 1.99. The highest BCUT2D eigenvalue weighted by Crippen LogP contribution is 2.22. The van der Waals surface area contributed by atoms with Crippen molar-refractivity contribution in [2.45, 2.75) is 18.9 Å². The van der Waals surface area contributed by atoms with Crippen LogP contribution in [0.2, 0.25) is 0 Å². The Morgan fingerprint density at radius 1 is 1.47 bits per heavy atom. The topological polar surface area (TPSA) is 67.5 Å². The molecule has 1 aromatic rings. The summed E-state index contributed by atoms with van der Waals surface area (Å²) in [4.78, 5) is 20.2. The van der Waals surface area contributed by atoms with Crippen molar-refractivity contribution in [2.75, 3.05) is 27.2 Å². The molecule has 0 spiro atoms. The van der Waals surface area contributed by atoms with Crippen LogP contribution in [-0.4, -0.2) is 48.2 Å². The van der Waals surface area contributed by atoms with Gasteiger partial charge in [0, 0.05) is 13.1 Å². The molecule has 17 heavy (non-hydrogen) atoms. The number of nitrogens with one attached hydrogen (secondary N) is 1.